The Labute approximate surface area is 143 Å². The zero-order valence-electron chi connectivity index (χ0n) is 15.1. The highest BCUT2D eigenvalue weighted by molar-refractivity contribution is 5.50. The second kappa shape index (κ2) is 7.15. The number of hydrogen-bond donors (Lipinski definition) is 1. The molecule has 1 N–H and O–H groups in total. The van der Waals surface area contributed by atoms with E-state index in [1.54, 1.807) is 0 Å². The van der Waals surface area contributed by atoms with Crippen molar-refractivity contribution in [3.63, 3.8) is 0 Å². The van der Waals surface area contributed by atoms with Crippen LogP contribution in [0.3, 0.4) is 0 Å². The van der Waals surface area contributed by atoms with E-state index in [2.05, 4.69) is 39.1 Å². The first-order chi connectivity index (χ1) is 11.5. The van der Waals surface area contributed by atoms with Gasteiger partial charge in [-0.25, -0.2) is 9.97 Å². The third-order valence-electron chi connectivity index (χ3n) is 4.57. The Morgan fingerprint density at radius 2 is 1.75 bits per heavy atom. The van der Waals surface area contributed by atoms with Crippen LogP contribution in [0.25, 0.3) is 0 Å². The van der Waals surface area contributed by atoms with Crippen LogP contribution >= 0.6 is 0 Å². The summed E-state index contributed by atoms with van der Waals surface area (Å²) in [5, 5.41) is 7.87. The van der Waals surface area contributed by atoms with Gasteiger partial charge in [0.1, 0.15) is 17.5 Å². The minimum Gasteiger partial charge on any atom is -0.370 e. The molecular weight excluding hydrogens is 302 g/mol. The van der Waals surface area contributed by atoms with Gasteiger partial charge in [-0.15, -0.1) is 0 Å². The average molecular weight is 329 g/mol. The molecule has 2 aromatic heterocycles. The van der Waals surface area contributed by atoms with Crippen molar-refractivity contribution in [1.82, 2.24) is 24.7 Å². The first-order valence-corrected chi connectivity index (χ1v) is 8.76. The molecule has 0 atom stereocenters. The van der Waals surface area contributed by atoms with Gasteiger partial charge in [0, 0.05) is 37.4 Å². The zero-order chi connectivity index (χ0) is 17.1. The first-order valence-electron chi connectivity index (χ1n) is 8.76. The summed E-state index contributed by atoms with van der Waals surface area (Å²) in [5.41, 5.74) is 2.18. The predicted molar refractivity (Wildman–Crippen MR) is 95.6 cm³/mol. The van der Waals surface area contributed by atoms with E-state index < -0.39 is 0 Å². The lowest BCUT2D eigenvalue weighted by Gasteiger charge is -2.18. The van der Waals surface area contributed by atoms with Crippen LogP contribution in [0.4, 0.5) is 11.8 Å². The Hall–Kier alpha value is -2.18. The van der Waals surface area contributed by atoms with Crippen molar-refractivity contribution in [2.24, 2.45) is 0 Å². The van der Waals surface area contributed by atoms with Gasteiger partial charge in [0.15, 0.2) is 0 Å². The van der Waals surface area contributed by atoms with Crippen LogP contribution in [0.1, 0.15) is 42.2 Å². The number of nitrogens with zero attached hydrogens (tertiary/aromatic N) is 6. The minimum absolute atomic E-state index is 0.831. The monoisotopic (exact) mass is 329 g/mol. The lowest BCUT2D eigenvalue weighted by atomic mass is 10.2. The van der Waals surface area contributed by atoms with Crippen LogP contribution < -0.4 is 10.2 Å². The Morgan fingerprint density at radius 1 is 1.00 bits per heavy atom. The molecule has 0 amide bonds. The summed E-state index contributed by atoms with van der Waals surface area (Å²) >= 11 is 0. The van der Waals surface area contributed by atoms with E-state index in [-0.39, 0.29) is 0 Å². The molecule has 3 rings (SSSR count). The highest BCUT2D eigenvalue weighted by Gasteiger charge is 2.17. The molecule has 130 valence electrons. The lowest BCUT2D eigenvalue weighted by Crippen LogP contribution is -2.22. The molecule has 1 aliphatic heterocycles. The third kappa shape index (κ3) is 3.66. The Balaban J connectivity index is 1.60. The molecule has 0 radical (unpaired) electrons. The van der Waals surface area contributed by atoms with Crippen molar-refractivity contribution in [3.05, 3.63) is 22.9 Å². The van der Waals surface area contributed by atoms with Crippen molar-refractivity contribution in [2.75, 3.05) is 29.9 Å². The fraction of sp³-hybridized carbons (Fsp3) is 0.647. The average Bonchev–Trinajstić information content (AvgIpc) is 3.17. The molecule has 7 nitrogen and oxygen atoms in total. The van der Waals surface area contributed by atoms with Gasteiger partial charge >= 0.3 is 0 Å². The standard InChI is InChI=1S/C17H27N7/c1-12-13(2)19-17(23-9-5-6-10-23)21-16(12)18-8-7-11-24-15(4)20-14(3)22-24/h5-11H2,1-4H3,(H,18,19,21). The summed E-state index contributed by atoms with van der Waals surface area (Å²) in [7, 11) is 0. The maximum Gasteiger partial charge on any atom is 0.227 e. The van der Waals surface area contributed by atoms with E-state index in [4.69, 9.17) is 4.98 Å². The highest BCUT2D eigenvalue weighted by atomic mass is 15.3. The summed E-state index contributed by atoms with van der Waals surface area (Å²) in [6.07, 6.45) is 3.44. The van der Waals surface area contributed by atoms with E-state index >= 15 is 0 Å². The largest absolute Gasteiger partial charge is 0.370 e. The van der Waals surface area contributed by atoms with Crippen molar-refractivity contribution in [1.29, 1.82) is 0 Å². The smallest absolute Gasteiger partial charge is 0.227 e. The van der Waals surface area contributed by atoms with Gasteiger partial charge in [0.2, 0.25) is 5.95 Å². The van der Waals surface area contributed by atoms with E-state index in [9.17, 15) is 0 Å². The number of nitrogens with one attached hydrogen (secondary N) is 1. The SMILES string of the molecule is Cc1nc(C)n(CCCNc2nc(N3CCCC3)nc(C)c2C)n1. The lowest BCUT2D eigenvalue weighted by molar-refractivity contribution is 0.571. The molecule has 0 saturated carbocycles. The second-order valence-corrected chi connectivity index (χ2v) is 6.49. The minimum atomic E-state index is 0.831. The number of anilines is 2. The van der Waals surface area contributed by atoms with Gasteiger partial charge in [0.05, 0.1) is 0 Å². The van der Waals surface area contributed by atoms with Crippen molar-refractivity contribution < 1.29 is 0 Å². The third-order valence-corrected chi connectivity index (χ3v) is 4.57. The molecule has 0 aromatic carbocycles. The van der Waals surface area contributed by atoms with Crippen LogP contribution in [0, 0.1) is 27.7 Å². The molecule has 2 aromatic rings. The molecule has 0 spiro atoms. The van der Waals surface area contributed by atoms with Gasteiger partial charge in [-0.2, -0.15) is 10.1 Å². The van der Waals surface area contributed by atoms with E-state index in [0.29, 0.717) is 0 Å². The van der Waals surface area contributed by atoms with Crippen molar-refractivity contribution in [2.45, 2.75) is 53.5 Å². The molecule has 1 saturated heterocycles. The van der Waals surface area contributed by atoms with Crippen LogP contribution in [-0.2, 0) is 6.54 Å². The Kier molecular flexibility index (Phi) is 4.97. The van der Waals surface area contributed by atoms with Crippen LogP contribution in [0.2, 0.25) is 0 Å². The second-order valence-electron chi connectivity index (χ2n) is 6.49. The molecule has 1 aliphatic rings. The summed E-state index contributed by atoms with van der Waals surface area (Å²) in [6.45, 7) is 11.9. The van der Waals surface area contributed by atoms with Crippen LogP contribution in [0.5, 0.6) is 0 Å². The van der Waals surface area contributed by atoms with Crippen molar-refractivity contribution in [3.8, 4) is 0 Å². The first kappa shape index (κ1) is 16.7. The Morgan fingerprint density at radius 3 is 2.42 bits per heavy atom. The number of hydrogen-bond acceptors (Lipinski definition) is 6. The molecule has 1 fully saturated rings. The van der Waals surface area contributed by atoms with Gasteiger partial charge < -0.3 is 10.2 Å². The van der Waals surface area contributed by atoms with Gasteiger partial charge in [-0.3, -0.25) is 4.68 Å². The number of rotatable bonds is 6. The van der Waals surface area contributed by atoms with Crippen molar-refractivity contribution >= 4 is 11.8 Å². The van der Waals surface area contributed by atoms with Gasteiger partial charge in [-0.05, 0) is 47.0 Å². The molecule has 24 heavy (non-hydrogen) atoms. The molecule has 0 bridgehead atoms. The van der Waals surface area contributed by atoms with Crippen LogP contribution in [0.15, 0.2) is 0 Å². The number of aryl methyl sites for hydroxylation is 4. The van der Waals surface area contributed by atoms with E-state index in [1.807, 2.05) is 18.5 Å². The molecule has 0 aliphatic carbocycles. The maximum absolute atomic E-state index is 4.75. The predicted octanol–water partition coefficient (Wildman–Crippen LogP) is 2.40. The molecule has 3 heterocycles. The summed E-state index contributed by atoms with van der Waals surface area (Å²) < 4.78 is 1.96. The fourth-order valence-electron chi connectivity index (χ4n) is 3.05. The molecule has 7 heteroatoms. The zero-order valence-corrected chi connectivity index (χ0v) is 15.1. The number of aromatic nitrogens is 5. The topological polar surface area (TPSA) is 71.8 Å². The highest BCUT2D eigenvalue weighted by Crippen LogP contribution is 2.22. The maximum atomic E-state index is 4.75. The van der Waals surface area contributed by atoms with E-state index in [1.165, 1.54) is 12.8 Å². The summed E-state index contributed by atoms with van der Waals surface area (Å²) in [5.74, 6) is 3.62. The molecule has 0 unspecified atom stereocenters. The van der Waals surface area contributed by atoms with Gasteiger partial charge in [0.25, 0.3) is 0 Å². The van der Waals surface area contributed by atoms with E-state index in [0.717, 1.165) is 67.3 Å². The summed E-state index contributed by atoms with van der Waals surface area (Å²) in [4.78, 5) is 16.0. The normalized spacial score (nSPS) is 14.4. The quantitative estimate of drug-likeness (QED) is 0.821. The fourth-order valence-corrected chi connectivity index (χ4v) is 3.05. The Bertz CT molecular complexity index is 701. The molecular formula is C17H27N7. The van der Waals surface area contributed by atoms with Gasteiger partial charge in [-0.1, -0.05) is 0 Å². The summed E-state index contributed by atoms with van der Waals surface area (Å²) in [6, 6.07) is 0. The van der Waals surface area contributed by atoms with Crippen LogP contribution in [-0.4, -0.2) is 44.4 Å².